The van der Waals surface area contributed by atoms with Gasteiger partial charge in [-0.05, 0) is 12.1 Å². The Morgan fingerprint density at radius 3 is 2.33 bits per heavy atom. The molecule has 1 rings (SSSR count). The van der Waals surface area contributed by atoms with Crippen LogP contribution in [0.4, 0.5) is 0 Å². The third kappa shape index (κ3) is 4.90. The summed E-state index contributed by atoms with van der Waals surface area (Å²) in [5, 5.41) is 10.4. The molecule has 0 aromatic heterocycles. The average molecular weight is 314 g/mol. The summed E-state index contributed by atoms with van der Waals surface area (Å²) >= 11 is 17.5. The van der Waals surface area contributed by atoms with Crippen molar-refractivity contribution in [2.45, 2.75) is 13.0 Å². The standard InChI is InChI=1S/C11H11Cl3O4/c1-6(15)17-4-8(16)5-18-11-9(13)2-7(12)3-10(11)14/h2-3,8,16H,4-5H2,1H3. The zero-order valence-corrected chi connectivity index (χ0v) is 11.7. The zero-order chi connectivity index (χ0) is 13.7. The topological polar surface area (TPSA) is 55.8 Å². The fraction of sp³-hybridized carbons (Fsp3) is 0.364. The van der Waals surface area contributed by atoms with Crippen molar-refractivity contribution < 1.29 is 19.4 Å². The van der Waals surface area contributed by atoms with Crippen molar-refractivity contribution >= 4 is 40.8 Å². The van der Waals surface area contributed by atoms with Crippen LogP contribution in [0.2, 0.25) is 15.1 Å². The quantitative estimate of drug-likeness (QED) is 0.849. The number of aliphatic hydroxyl groups excluding tert-OH is 1. The molecule has 100 valence electrons. The minimum Gasteiger partial charge on any atom is -0.488 e. The molecule has 0 radical (unpaired) electrons. The van der Waals surface area contributed by atoms with Crippen molar-refractivity contribution in [3.05, 3.63) is 27.2 Å². The van der Waals surface area contributed by atoms with E-state index >= 15 is 0 Å². The summed E-state index contributed by atoms with van der Waals surface area (Å²) in [7, 11) is 0. The van der Waals surface area contributed by atoms with Gasteiger partial charge in [-0.25, -0.2) is 0 Å². The van der Waals surface area contributed by atoms with Crippen molar-refractivity contribution in [3.8, 4) is 5.75 Å². The van der Waals surface area contributed by atoms with Gasteiger partial charge in [0.05, 0.1) is 10.0 Å². The van der Waals surface area contributed by atoms with E-state index in [9.17, 15) is 9.90 Å². The van der Waals surface area contributed by atoms with Gasteiger partial charge in [-0.3, -0.25) is 4.79 Å². The molecule has 7 heteroatoms. The number of esters is 1. The average Bonchev–Trinajstić information content (AvgIpc) is 2.24. The summed E-state index contributed by atoms with van der Waals surface area (Å²) in [5.41, 5.74) is 0. The molecule has 1 aromatic rings. The van der Waals surface area contributed by atoms with Gasteiger partial charge in [0.15, 0.2) is 5.75 Å². The van der Waals surface area contributed by atoms with Crippen LogP contribution in [0.3, 0.4) is 0 Å². The number of benzene rings is 1. The van der Waals surface area contributed by atoms with Gasteiger partial charge in [0.25, 0.3) is 0 Å². The fourth-order valence-electron chi connectivity index (χ4n) is 1.11. The van der Waals surface area contributed by atoms with Gasteiger partial charge in [0.1, 0.15) is 19.3 Å². The Morgan fingerprint density at radius 2 is 1.83 bits per heavy atom. The lowest BCUT2D eigenvalue weighted by molar-refractivity contribution is -0.144. The SMILES string of the molecule is CC(=O)OCC(O)COc1c(Cl)cc(Cl)cc1Cl. The molecule has 1 atom stereocenters. The van der Waals surface area contributed by atoms with Gasteiger partial charge in [-0.2, -0.15) is 0 Å². The minimum atomic E-state index is -0.961. The van der Waals surface area contributed by atoms with Gasteiger partial charge in [-0.15, -0.1) is 0 Å². The number of ether oxygens (including phenoxy) is 2. The zero-order valence-electron chi connectivity index (χ0n) is 9.45. The number of hydrogen-bond acceptors (Lipinski definition) is 4. The summed E-state index contributed by atoms with van der Waals surface area (Å²) in [6.07, 6.45) is -0.961. The Balaban J connectivity index is 2.55. The van der Waals surface area contributed by atoms with Crippen LogP contribution in [-0.4, -0.2) is 30.4 Å². The molecule has 18 heavy (non-hydrogen) atoms. The molecule has 0 aliphatic rings. The van der Waals surface area contributed by atoms with Crippen molar-refractivity contribution in [1.29, 1.82) is 0 Å². The predicted molar refractivity (Wildman–Crippen MR) is 69.6 cm³/mol. The van der Waals surface area contributed by atoms with E-state index in [1.165, 1.54) is 19.1 Å². The molecule has 0 bridgehead atoms. The summed E-state index contributed by atoms with van der Waals surface area (Å²) in [5.74, 6) is -0.249. The molecule has 0 amide bonds. The second-order valence-corrected chi connectivity index (χ2v) is 4.72. The molecule has 1 N–H and O–H groups in total. The van der Waals surface area contributed by atoms with Crippen LogP contribution in [-0.2, 0) is 9.53 Å². The second-order valence-electron chi connectivity index (χ2n) is 3.47. The summed E-state index contributed by atoms with van der Waals surface area (Å²) in [6.45, 7) is 0.993. The minimum absolute atomic E-state index is 0.103. The fourth-order valence-corrected chi connectivity index (χ4v) is 2.03. The molecule has 4 nitrogen and oxygen atoms in total. The van der Waals surface area contributed by atoms with Crippen LogP contribution in [0.5, 0.6) is 5.75 Å². The number of hydrogen-bond donors (Lipinski definition) is 1. The highest BCUT2D eigenvalue weighted by Gasteiger charge is 2.12. The van der Waals surface area contributed by atoms with Crippen molar-refractivity contribution in [2.24, 2.45) is 0 Å². The van der Waals surface area contributed by atoms with Gasteiger partial charge < -0.3 is 14.6 Å². The van der Waals surface area contributed by atoms with Crippen LogP contribution in [0.15, 0.2) is 12.1 Å². The van der Waals surface area contributed by atoms with E-state index < -0.39 is 12.1 Å². The Bertz CT molecular complexity index is 413. The van der Waals surface area contributed by atoms with E-state index in [-0.39, 0.29) is 29.0 Å². The van der Waals surface area contributed by atoms with Gasteiger partial charge in [-0.1, -0.05) is 34.8 Å². The maximum Gasteiger partial charge on any atom is 0.302 e. The van der Waals surface area contributed by atoms with Crippen LogP contribution in [0.1, 0.15) is 6.92 Å². The molecule has 0 spiro atoms. The second kappa shape index (κ2) is 7.04. The van der Waals surface area contributed by atoms with Gasteiger partial charge >= 0.3 is 5.97 Å². The van der Waals surface area contributed by atoms with E-state index in [4.69, 9.17) is 39.5 Å². The molecule has 1 unspecified atom stereocenters. The molecule has 0 aliphatic heterocycles. The van der Waals surface area contributed by atoms with E-state index in [1.807, 2.05) is 0 Å². The number of halogens is 3. The monoisotopic (exact) mass is 312 g/mol. The number of rotatable bonds is 5. The Kier molecular flexibility index (Phi) is 6.02. The predicted octanol–water partition coefficient (Wildman–Crippen LogP) is 2.95. The lowest BCUT2D eigenvalue weighted by Crippen LogP contribution is -2.24. The van der Waals surface area contributed by atoms with Crippen LogP contribution in [0.25, 0.3) is 0 Å². The molecule has 0 saturated carbocycles. The van der Waals surface area contributed by atoms with E-state index in [2.05, 4.69) is 4.74 Å². The van der Waals surface area contributed by atoms with Crippen LogP contribution in [0, 0.1) is 0 Å². The largest absolute Gasteiger partial charge is 0.488 e. The summed E-state index contributed by atoms with van der Waals surface area (Å²) in [4.78, 5) is 10.5. The highest BCUT2D eigenvalue weighted by Crippen LogP contribution is 2.35. The molecule has 0 aliphatic carbocycles. The first-order valence-electron chi connectivity index (χ1n) is 4.99. The molecular weight excluding hydrogens is 302 g/mol. The maximum atomic E-state index is 10.5. The Hall–Kier alpha value is -0.680. The molecule has 0 fully saturated rings. The van der Waals surface area contributed by atoms with Crippen molar-refractivity contribution in [3.63, 3.8) is 0 Å². The smallest absolute Gasteiger partial charge is 0.302 e. The molecular formula is C11H11Cl3O4. The maximum absolute atomic E-state index is 10.5. The first kappa shape index (κ1) is 15.4. The number of carbonyl (C=O) groups excluding carboxylic acids is 1. The first-order chi connectivity index (χ1) is 8.40. The summed E-state index contributed by atoms with van der Waals surface area (Å²) < 4.78 is 9.87. The lowest BCUT2D eigenvalue weighted by Gasteiger charge is -2.14. The Morgan fingerprint density at radius 1 is 1.28 bits per heavy atom. The van der Waals surface area contributed by atoms with Gasteiger partial charge in [0, 0.05) is 11.9 Å². The highest BCUT2D eigenvalue weighted by atomic mass is 35.5. The van der Waals surface area contributed by atoms with Crippen LogP contribution >= 0.6 is 34.8 Å². The molecule has 0 saturated heterocycles. The normalized spacial score (nSPS) is 12.1. The Labute approximate surface area is 119 Å². The number of aliphatic hydroxyl groups is 1. The number of carbonyl (C=O) groups is 1. The van der Waals surface area contributed by atoms with E-state index in [1.54, 1.807) is 0 Å². The van der Waals surface area contributed by atoms with E-state index in [0.29, 0.717) is 5.02 Å². The van der Waals surface area contributed by atoms with E-state index in [0.717, 1.165) is 0 Å². The molecule has 0 heterocycles. The van der Waals surface area contributed by atoms with Crippen LogP contribution < -0.4 is 4.74 Å². The highest BCUT2D eigenvalue weighted by molar-refractivity contribution is 6.40. The third-order valence-electron chi connectivity index (χ3n) is 1.86. The van der Waals surface area contributed by atoms with Crippen molar-refractivity contribution in [2.75, 3.05) is 13.2 Å². The van der Waals surface area contributed by atoms with Crippen molar-refractivity contribution in [1.82, 2.24) is 0 Å². The van der Waals surface area contributed by atoms with Gasteiger partial charge in [0.2, 0.25) is 0 Å². The molecule has 1 aromatic carbocycles. The lowest BCUT2D eigenvalue weighted by atomic mass is 10.3. The summed E-state index contributed by atoms with van der Waals surface area (Å²) in [6, 6.07) is 2.95. The first-order valence-corrected chi connectivity index (χ1v) is 6.12. The third-order valence-corrected chi connectivity index (χ3v) is 2.64.